The van der Waals surface area contributed by atoms with Crippen molar-refractivity contribution in [3.63, 3.8) is 0 Å². The normalized spacial score (nSPS) is 39.5. The van der Waals surface area contributed by atoms with E-state index in [0.717, 1.165) is 37.8 Å². The van der Waals surface area contributed by atoms with Crippen LogP contribution in [-0.4, -0.2) is 87.2 Å². The second-order valence-electron chi connectivity index (χ2n) is 10.2. The molecule has 10 heteroatoms. The van der Waals surface area contributed by atoms with E-state index in [1.165, 1.54) is 24.8 Å². The van der Waals surface area contributed by atoms with Crippen molar-refractivity contribution in [3.8, 4) is 0 Å². The van der Waals surface area contributed by atoms with Gasteiger partial charge in [0.1, 0.15) is 5.78 Å². The Bertz CT molecular complexity index is 829. The second-order valence-corrected chi connectivity index (χ2v) is 11.5. The number of ketones is 1. The minimum atomic E-state index is -4.54. The van der Waals surface area contributed by atoms with Gasteiger partial charge in [-0.25, -0.2) is 9.09 Å². The third-order valence-electron chi connectivity index (χ3n) is 8.92. The van der Waals surface area contributed by atoms with Crippen LogP contribution in [0.15, 0.2) is 16.8 Å². The molecule has 0 spiro atoms. The number of allylic oxidation sites excluding steroid dienone is 2. The van der Waals surface area contributed by atoms with Crippen LogP contribution in [0, 0.1) is 34.5 Å². The van der Waals surface area contributed by atoms with Crippen LogP contribution < -0.4 is 0 Å². The van der Waals surface area contributed by atoms with Crippen molar-refractivity contribution in [1.82, 2.24) is 0 Å². The van der Waals surface area contributed by atoms with Gasteiger partial charge in [0.05, 0.1) is 5.71 Å². The molecule has 4 aliphatic rings. The summed E-state index contributed by atoms with van der Waals surface area (Å²) in [5.74, 6) is 2.63. The molecule has 6 atom stereocenters. The van der Waals surface area contributed by atoms with Crippen LogP contribution in [0.1, 0.15) is 72.1 Å². The third-order valence-corrected chi connectivity index (χ3v) is 9.37. The number of hydrogen-bond acceptors (Lipinski definition) is 5. The number of hydrogen-bond donors (Lipinski definition) is 2. The van der Waals surface area contributed by atoms with Gasteiger partial charge in [0.2, 0.25) is 6.79 Å². The molecular weight excluding hydrogens is 451 g/mol. The van der Waals surface area contributed by atoms with Gasteiger partial charge in [-0.15, -0.1) is 0 Å². The molecule has 7 nitrogen and oxygen atoms in total. The number of rotatable bonds is 5. The van der Waals surface area contributed by atoms with Gasteiger partial charge in [0, 0.05) is 65.0 Å². The Kier molecular flexibility index (Phi) is 9.99. The molecule has 0 saturated heterocycles. The van der Waals surface area contributed by atoms with E-state index in [9.17, 15) is 9.36 Å². The summed E-state index contributed by atoms with van der Waals surface area (Å²) in [7, 11) is -4.54. The first-order valence-corrected chi connectivity index (χ1v) is 12.7. The number of fused-ring (bicyclic) bond motifs is 5. The summed E-state index contributed by atoms with van der Waals surface area (Å²) in [5, 5.41) is 4.04. The zero-order chi connectivity index (χ0) is 21.7. The van der Waals surface area contributed by atoms with Gasteiger partial charge < -0.3 is 14.6 Å². The summed E-state index contributed by atoms with van der Waals surface area (Å²) in [6, 6.07) is 0. The van der Waals surface area contributed by atoms with E-state index in [0.29, 0.717) is 23.5 Å². The van der Waals surface area contributed by atoms with Crippen molar-refractivity contribution in [2.75, 3.05) is 6.79 Å². The van der Waals surface area contributed by atoms with E-state index in [-0.39, 0.29) is 75.9 Å². The molecule has 4 rings (SSSR count). The van der Waals surface area contributed by atoms with E-state index < -0.39 is 14.6 Å². The molecule has 0 heterocycles. The van der Waals surface area contributed by atoms with Crippen LogP contribution in [0.5, 0.6) is 0 Å². The number of oxime groups is 1. The van der Waals surface area contributed by atoms with E-state index in [1.54, 1.807) is 6.92 Å². The van der Waals surface area contributed by atoms with Crippen molar-refractivity contribution in [3.05, 3.63) is 11.6 Å². The van der Waals surface area contributed by atoms with Crippen LogP contribution >= 0.6 is 7.82 Å². The van der Waals surface area contributed by atoms with Crippen LogP contribution in [0.2, 0.25) is 0 Å². The topological polar surface area (TPSA) is 105 Å². The molecule has 170 valence electrons. The Morgan fingerprint density at radius 2 is 1.84 bits per heavy atom. The molecule has 3 saturated carbocycles. The zero-order valence-electron chi connectivity index (χ0n) is 20.2. The Labute approximate surface area is 235 Å². The van der Waals surface area contributed by atoms with Gasteiger partial charge in [0.15, 0.2) is 0 Å². The summed E-state index contributed by atoms with van der Waals surface area (Å²) < 4.78 is 15.0. The number of phosphoric ester groups is 1. The van der Waals surface area contributed by atoms with Gasteiger partial charge in [-0.05, 0) is 93.0 Å². The van der Waals surface area contributed by atoms with Crippen molar-refractivity contribution in [2.24, 2.45) is 39.7 Å². The van der Waals surface area contributed by atoms with Crippen LogP contribution in [0.25, 0.3) is 0 Å². The predicted molar refractivity (Wildman–Crippen MR) is 124 cm³/mol. The maximum Gasteiger partial charge on any atom is 0.472 e. The molecule has 3 fully saturated rings. The standard InChI is InChI=1S/C22H34NO6P.2Na/c1-14(24)18-6-7-19-17-5-4-15-12-16(23-28-13-29-30(25,26)27)8-10-21(15,2)20(17)9-11-22(18,19)3;;/h12,17-20H,4-11,13H2,1-3H3,(H2,25,26,27);;/b23-16+;;/t17-,18+,19-,20-,21-,22+;;/m0../s1. The molecule has 0 aromatic carbocycles. The van der Waals surface area contributed by atoms with Crippen molar-refractivity contribution < 1.29 is 28.5 Å². The van der Waals surface area contributed by atoms with Gasteiger partial charge in [-0.3, -0.25) is 4.79 Å². The molecule has 2 N–H and O–H groups in total. The average Bonchev–Trinajstić information content (AvgIpc) is 3.02. The molecular formula is C22H34NNa2O6P. The van der Waals surface area contributed by atoms with E-state index in [2.05, 4.69) is 29.6 Å². The smallest absolute Gasteiger partial charge is 0.366 e. The first kappa shape index (κ1) is 29.2. The molecule has 0 bridgehead atoms. The van der Waals surface area contributed by atoms with Gasteiger partial charge in [-0.2, -0.15) is 0 Å². The summed E-state index contributed by atoms with van der Waals surface area (Å²) >= 11 is 0. The maximum atomic E-state index is 12.3. The molecule has 0 amide bonds. The fraction of sp³-hybridized carbons (Fsp3) is 0.818. The quantitative estimate of drug-likeness (QED) is 0.202. The van der Waals surface area contributed by atoms with Gasteiger partial charge in [-0.1, -0.05) is 24.6 Å². The van der Waals surface area contributed by atoms with E-state index >= 15 is 0 Å². The molecule has 0 unspecified atom stereocenters. The minimum Gasteiger partial charge on any atom is -0.366 e. The number of Topliss-reactive ketones (excluding diaryl/α,β-unsaturated/α-hetero) is 1. The molecule has 2 radical (unpaired) electrons. The Hall–Kier alpha value is 0.990. The van der Waals surface area contributed by atoms with Crippen molar-refractivity contribution in [2.45, 2.75) is 72.1 Å². The number of phosphoric acid groups is 1. The number of nitrogens with zero attached hydrogens (tertiary/aromatic N) is 1. The number of carbonyl (C=O) groups excluding carboxylic acids is 1. The Morgan fingerprint density at radius 3 is 2.50 bits per heavy atom. The van der Waals surface area contributed by atoms with Gasteiger partial charge in [0.25, 0.3) is 0 Å². The van der Waals surface area contributed by atoms with Crippen LogP contribution in [-0.2, 0) is 18.7 Å². The van der Waals surface area contributed by atoms with Crippen molar-refractivity contribution in [1.29, 1.82) is 0 Å². The summed E-state index contributed by atoms with van der Waals surface area (Å²) in [6.07, 6.45) is 10.8. The molecule has 0 aromatic heterocycles. The minimum absolute atomic E-state index is 0. The monoisotopic (exact) mass is 485 g/mol. The van der Waals surface area contributed by atoms with Crippen molar-refractivity contribution >= 4 is 78.4 Å². The first-order valence-electron chi connectivity index (χ1n) is 11.1. The number of carbonyl (C=O) groups is 1. The molecule has 0 aromatic rings. The fourth-order valence-corrected chi connectivity index (χ4v) is 7.70. The SMILES string of the molecule is CC(=O)[C@H]1CC[C@H]2[C@@H]3CCC4=C/C(=N/OCOP(=O)(O)O)CC[C@]4(C)[C@H]3CC[C@]12C.[Na].[Na]. The van der Waals surface area contributed by atoms with E-state index in [1.807, 2.05) is 0 Å². The second kappa shape index (κ2) is 10.9. The summed E-state index contributed by atoms with van der Waals surface area (Å²) in [4.78, 5) is 34.7. The summed E-state index contributed by atoms with van der Waals surface area (Å²) in [5.41, 5.74) is 2.59. The van der Waals surface area contributed by atoms with Gasteiger partial charge >= 0.3 is 7.82 Å². The maximum absolute atomic E-state index is 12.3. The van der Waals surface area contributed by atoms with E-state index in [4.69, 9.17) is 14.6 Å². The third kappa shape index (κ3) is 5.53. The van der Waals surface area contributed by atoms with Crippen LogP contribution in [0.3, 0.4) is 0 Å². The molecule has 0 aliphatic heterocycles. The average molecular weight is 485 g/mol. The molecule has 4 aliphatic carbocycles. The summed E-state index contributed by atoms with van der Waals surface area (Å²) in [6.45, 7) is 6.01. The zero-order valence-corrected chi connectivity index (χ0v) is 25.1. The van der Waals surface area contributed by atoms with Crippen LogP contribution in [0.4, 0.5) is 0 Å². The molecule has 32 heavy (non-hydrogen) atoms. The Morgan fingerprint density at radius 1 is 1.12 bits per heavy atom. The fourth-order valence-electron chi connectivity index (χ4n) is 7.51. The first-order chi connectivity index (χ1) is 14.0. The largest absolute Gasteiger partial charge is 0.472 e. The Balaban J connectivity index is 0.00000181. The predicted octanol–water partition coefficient (Wildman–Crippen LogP) is 3.83.